The molecule has 136 valence electrons. The van der Waals surface area contributed by atoms with Crippen LogP contribution in [0.5, 0.6) is 0 Å². The first-order valence-corrected chi connectivity index (χ1v) is 9.79. The highest BCUT2D eigenvalue weighted by molar-refractivity contribution is 8.00. The highest BCUT2D eigenvalue weighted by Gasteiger charge is 2.20. The van der Waals surface area contributed by atoms with Crippen molar-refractivity contribution >= 4 is 62.3 Å². The summed E-state index contributed by atoms with van der Waals surface area (Å²) < 4.78 is 13.8. The van der Waals surface area contributed by atoms with Gasteiger partial charge >= 0.3 is 0 Å². The quantitative estimate of drug-likeness (QED) is 0.476. The molecule has 5 nitrogen and oxygen atoms in total. The van der Waals surface area contributed by atoms with Crippen LogP contribution in [0.1, 0.15) is 17.4 Å². The van der Waals surface area contributed by atoms with E-state index in [0.29, 0.717) is 11.0 Å². The van der Waals surface area contributed by atoms with Crippen LogP contribution in [0.3, 0.4) is 0 Å². The zero-order chi connectivity index (χ0) is 19.0. The van der Waals surface area contributed by atoms with E-state index in [1.165, 1.54) is 23.9 Å². The van der Waals surface area contributed by atoms with Crippen molar-refractivity contribution in [3.63, 3.8) is 0 Å². The van der Waals surface area contributed by atoms with Crippen molar-refractivity contribution in [3.05, 3.63) is 39.5 Å². The lowest BCUT2D eigenvalue weighted by atomic mass is 10.2. The number of fused-ring (bicyclic) bond motifs is 1. The number of hydrogen-bond acceptors (Lipinski definition) is 6. The first-order valence-electron chi connectivity index (χ1n) is 7.72. The SMILES string of the molecule is Cc1sc2nc(SC(C)C(=O)Nc3ccc(Cl)cc3F)nc(N)c2c1C. The first-order chi connectivity index (χ1) is 12.3. The molecule has 3 N–H and O–H groups in total. The topological polar surface area (TPSA) is 80.9 Å². The Morgan fingerprint density at radius 1 is 1.38 bits per heavy atom. The fraction of sp³-hybridized carbons (Fsp3) is 0.235. The molecule has 3 rings (SSSR count). The molecule has 1 amide bonds. The minimum absolute atomic E-state index is 0.0761. The Hall–Kier alpha value is -1.90. The van der Waals surface area contributed by atoms with Crippen LogP contribution in [-0.4, -0.2) is 21.1 Å². The summed E-state index contributed by atoms with van der Waals surface area (Å²) in [6, 6.07) is 4.08. The van der Waals surface area contributed by atoms with Gasteiger partial charge in [-0.3, -0.25) is 4.79 Å². The van der Waals surface area contributed by atoms with Crippen molar-refractivity contribution in [3.8, 4) is 0 Å². The van der Waals surface area contributed by atoms with Gasteiger partial charge in [0.05, 0.1) is 16.3 Å². The van der Waals surface area contributed by atoms with Gasteiger partial charge < -0.3 is 11.1 Å². The zero-order valence-corrected chi connectivity index (χ0v) is 16.7. The van der Waals surface area contributed by atoms with Gasteiger partial charge in [0.2, 0.25) is 5.91 Å². The number of nitrogens with two attached hydrogens (primary N) is 1. The first kappa shape index (κ1) is 18.9. The van der Waals surface area contributed by atoms with Crippen molar-refractivity contribution in [1.29, 1.82) is 0 Å². The molecule has 0 bridgehead atoms. The maximum absolute atomic E-state index is 13.8. The second kappa shape index (κ2) is 7.38. The summed E-state index contributed by atoms with van der Waals surface area (Å²) in [5.74, 6) is -0.553. The number of carbonyl (C=O) groups is 1. The van der Waals surface area contributed by atoms with Gasteiger partial charge in [-0.15, -0.1) is 11.3 Å². The van der Waals surface area contributed by atoms with Gasteiger partial charge in [0.15, 0.2) is 5.16 Å². The Morgan fingerprint density at radius 3 is 2.81 bits per heavy atom. The molecule has 9 heteroatoms. The molecule has 0 saturated heterocycles. The maximum atomic E-state index is 13.8. The standard InChI is InChI=1S/C17H16ClFN4OS2/c1-7-8(2)25-16-13(7)14(20)22-17(23-16)26-9(3)15(24)21-12-5-4-10(18)6-11(12)19/h4-6,9H,1-3H3,(H,21,24)(H2,20,22,23). The average molecular weight is 411 g/mol. The van der Waals surface area contributed by atoms with E-state index >= 15 is 0 Å². The number of nitrogens with zero attached hydrogens (tertiary/aromatic N) is 2. The van der Waals surface area contributed by atoms with Crippen LogP contribution in [0.2, 0.25) is 5.02 Å². The van der Waals surface area contributed by atoms with Gasteiger partial charge in [-0.2, -0.15) is 0 Å². The van der Waals surface area contributed by atoms with Crippen molar-refractivity contribution < 1.29 is 9.18 Å². The van der Waals surface area contributed by atoms with Crippen LogP contribution in [0.25, 0.3) is 10.2 Å². The molecular formula is C17H16ClFN4OS2. The summed E-state index contributed by atoms with van der Waals surface area (Å²) in [5.41, 5.74) is 7.21. The maximum Gasteiger partial charge on any atom is 0.237 e. The molecule has 2 heterocycles. The van der Waals surface area contributed by atoms with Crippen molar-refractivity contribution in [2.45, 2.75) is 31.2 Å². The fourth-order valence-corrected chi connectivity index (χ4v) is 4.38. The van der Waals surface area contributed by atoms with Crippen LogP contribution in [0, 0.1) is 19.7 Å². The molecule has 2 aromatic heterocycles. The summed E-state index contributed by atoms with van der Waals surface area (Å²) in [6.07, 6.45) is 0. The fourth-order valence-electron chi connectivity index (χ4n) is 2.35. The smallest absolute Gasteiger partial charge is 0.237 e. The summed E-state index contributed by atoms with van der Waals surface area (Å²) in [7, 11) is 0. The van der Waals surface area contributed by atoms with Crippen molar-refractivity contribution in [2.75, 3.05) is 11.1 Å². The van der Waals surface area contributed by atoms with Crippen molar-refractivity contribution in [2.24, 2.45) is 0 Å². The third-order valence-corrected chi connectivity index (χ3v) is 6.17. The van der Waals surface area contributed by atoms with Crippen LogP contribution >= 0.6 is 34.7 Å². The third-order valence-electron chi connectivity index (χ3n) is 3.88. The second-order valence-corrected chi connectivity index (χ2v) is 8.68. The zero-order valence-electron chi connectivity index (χ0n) is 14.3. The van der Waals surface area contributed by atoms with E-state index in [1.807, 2.05) is 13.8 Å². The predicted molar refractivity (Wildman–Crippen MR) is 107 cm³/mol. The highest BCUT2D eigenvalue weighted by atomic mass is 35.5. The Bertz CT molecular complexity index is 1010. The van der Waals surface area contributed by atoms with E-state index in [4.69, 9.17) is 17.3 Å². The number of thiophene rings is 1. The predicted octanol–water partition coefficient (Wildman–Crippen LogP) is 4.80. The Kier molecular flexibility index (Phi) is 5.36. The third kappa shape index (κ3) is 3.77. The van der Waals surface area contributed by atoms with E-state index in [2.05, 4.69) is 15.3 Å². The van der Waals surface area contributed by atoms with Gasteiger partial charge in [0, 0.05) is 9.90 Å². The average Bonchev–Trinajstić information content (AvgIpc) is 2.84. The van der Waals surface area contributed by atoms with E-state index in [0.717, 1.165) is 26.7 Å². The molecule has 26 heavy (non-hydrogen) atoms. The molecule has 1 aromatic carbocycles. The number of anilines is 2. The van der Waals surface area contributed by atoms with E-state index in [9.17, 15) is 9.18 Å². The number of hydrogen-bond donors (Lipinski definition) is 2. The molecular weight excluding hydrogens is 395 g/mol. The van der Waals surface area contributed by atoms with Gasteiger partial charge in [-0.05, 0) is 44.5 Å². The molecule has 3 aromatic rings. The lowest BCUT2D eigenvalue weighted by Crippen LogP contribution is -2.23. The normalized spacial score (nSPS) is 12.3. The number of carbonyl (C=O) groups excluding carboxylic acids is 1. The number of benzene rings is 1. The van der Waals surface area contributed by atoms with Crippen LogP contribution in [0.4, 0.5) is 15.9 Å². The molecule has 1 unspecified atom stereocenters. The number of aromatic nitrogens is 2. The number of thioether (sulfide) groups is 1. The molecule has 1 atom stereocenters. The minimum atomic E-state index is -0.588. The number of halogens is 2. The van der Waals surface area contributed by atoms with Crippen LogP contribution in [0.15, 0.2) is 23.4 Å². The molecule has 0 radical (unpaired) electrons. The number of rotatable bonds is 4. The summed E-state index contributed by atoms with van der Waals surface area (Å²) in [5, 5.41) is 3.54. The molecule has 0 aliphatic carbocycles. The van der Waals surface area contributed by atoms with Gasteiger partial charge in [0.1, 0.15) is 16.5 Å². The summed E-state index contributed by atoms with van der Waals surface area (Å²) in [4.78, 5) is 23.1. The lowest BCUT2D eigenvalue weighted by molar-refractivity contribution is -0.115. The molecule has 0 fully saturated rings. The number of nitrogen functional groups attached to an aromatic ring is 1. The van der Waals surface area contributed by atoms with Crippen LogP contribution in [-0.2, 0) is 4.79 Å². The number of amides is 1. The highest BCUT2D eigenvalue weighted by Crippen LogP contribution is 2.34. The molecule has 0 aliphatic rings. The molecule has 0 aliphatic heterocycles. The number of aryl methyl sites for hydroxylation is 2. The molecule has 0 saturated carbocycles. The van der Waals surface area contributed by atoms with Crippen molar-refractivity contribution in [1.82, 2.24) is 9.97 Å². The van der Waals surface area contributed by atoms with Gasteiger partial charge in [-0.1, -0.05) is 23.4 Å². The summed E-state index contributed by atoms with van der Waals surface area (Å²) >= 11 is 8.42. The largest absolute Gasteiger partial charge is 0.383 e. The summed E-state index contributed by atoms with van der Waals surface area (Å²) in [6.45, 7) is 5.69. The van der Waals surface area contributed by atoms with Gasteiger partial charge in [-0.25, -0.2) is 14.4 Å². The molecule has 0 spiro atoms. The van der Waals surface area contributed by atoms with E-state index < -0.39 is 11.1 Å². The lowest BCUT2D eigenvalue weighted by Gasteiger charge is -2.12. The van der Waals surface area contributed by atoms with Crippen LogP contribution < -0.4 is 11.1 Å². The Labute approximate surface area is 163 Å². The monoisotopic (exact) mass is 410 g/mol. The second-order valence-electron chi connectivity index (χ2n) is 5.73. The minimum Gasteiger partial charge on any atom is -0.383 e. The van der Waals surface area contributed by atoms with Gasteiger partial charge in [0.25, 0.3) is 0 Å². The Morgan fingerprint density at radius 2 is 2.12 bits per heavy atom. The van der Waals surface area contributed by atoms with E-state index in [1.54, 1.807) is 18.3 Å². The Balaban J connectivity index is 1.77. The number of nitrogens with one attached hydrogen (secondary N) is 1. The van der Waals surface area contributed by atoms with E-state index in [-0.39, 0.29) is 16.6 Å².